The highest BCUT2D eigenvalue weighted by Gasteiger charge is 2.15. The maximum absolute atomic E-state index is 5.45. The fourth-order valence-corrected chi connectivity index (χ4v) is 3.31. The number of benzene rings is 1. The van der Waals surface area contributed by atoms with Crippen molar-refractivity contribution in [3.8, 4) is 11.5 Å². The largest absolute Gasteiger partial charge is 0.454 e. The van der Waals surface area contributed by atoms with E-state index in [1.54, 1.807) is 11.3 Å². The second-order valence-corrected chi connectivity index (χ2v) is 5.76. The van der Waals surface area contributed by atoms with Crippen LogP contribution in [0.4, 0.5) is 5.82 Å². The van der Waals surface area contributed by atoms with Gasteiger partial charge in [-0.1, -0.05) is 0 Å². The SMILES string of the molecule is Cc1cscc1CNc1nccc2cc3c(cc12)OCO3. The minimum absolute atomic E-state index is 0.288. The fraction of sp³-hybridized carbons (Fsp3) is 0.188. The highest BCUT2D eigenvalue weighted by Crippen LogP contribution is 2.37. The van der Waals surface area contributed by atoms with Gasteiger partial charge in [-0.3, -0.25) is 0 Å². The van der Waals surface area contributed by atoms with Gasteiger partial charge in [0, 0.05) is 18.1 Å². The summed E-state index contributed by atoms with van der Waals surface area (Å²) in [5.74, 6) is 2.45. The highest BCUT2D eigenvalue weighted by atomic mass is 32.1. The molecule has 4 rings (SSSR count). The standard InChI is InChI=1S/C16H14N2O2S/c1-10-7-21-8-12(10)6-18-16-13-5-15-14(19-9-20-15)4-11(13)2-3-17-16/h2-5,7-8H,6,9H2,1H3,(H,17,18). The summed E-state index contributed by atoms with van der Waals surface area (Å²) in [6.45, 7) is 3.19. The molecule has 0 saturated carbocycles. The molecule has 0 aliphatic carbocycles. The Morgan fingerprint density at radius 1 is 1.24 bits per heavy atom. The van der Waals surface area contributed by atoms with Gasteiger partial charge in [-0.05, 0) is 52.4 Å². The van der Waals surface area contributed by atoms with Gasteiger partial charge in [-0.2, -0.15) is 11.3 Å². The third-order valence-corrected chi connectivity index (χ3v) is 4.58. The molecular formula is C16H14N2O2S. The lowest BCUT2D eigenvalue weighted by Crippen LogP contribution is -2.02. The molecule has 0 amide bonds. The highest BCUT2D eigenvalue weighted by molar-refractivity contribution is 7.08. The van der Waals surface area contributed by atoms with Gasteiger partial charge >= 0.3 is 0 Å². The van der Waals surface area contributed by atoms with Crippen molar-refractivity contribution >= 4 is 27.9 Å². The first kappa shape index (κ1) is 12.5. The Kier molecular flexibility index (Phi) is 2.93. The molecule has 0 unspecified atom stereocenters. The van der Waals surface area contributed by atoms with Gasteiger partial charge in [-0.15, -0.1) is 0 Å². The molecule has 0 fully saturated rings. The summed E-state index contributed by atoms with van der Waals surface area (Å²) in [5, 5.41) is 9.90. The number of anilines is 1. The number of nitrogens with zero attached hydrogens (tertiary/aromatic N) is 1. The Labute approximate surface area is 126 Å². The number of aromatic nitrogens is 1. The molecule has 0 radical (unpaired) electrons. The second kappa shape index (κ2) is 4.93. The summed E-state index contributed by atoms with van der Waals surface area (Å²) < 4.78 is 10.9. The van der Waals surface area contributed by atoms with Crippen molar-refractivity contribution in [3.05, 3.63) is 46.3 Å². The van der Waals surface area contributed by atoms with E-state index in [2.05, 4.69) is 28.0 Å². The molecule has 2 aromatic heterocycles. The molecule has 1 N–H and O–H groups in total. The van der Waals surface area contributed by atoms with Crippen LogP contribution in [0.1, 0.15) is 11.1 Å². The van der Waals surface area contributed by atoms with E-state index in [0.29, 0.717) is 0 Å². The van der Waals surface area contributed by atoms with Crippen LogP contribution in [0, 0.1) is 6.92 Å². The lowest BCUT2D eigenvalue weighted by atomic mass is 10.1. The average molecular weight is 298 g/mol. The normalized spacial score (nSPS) is 12.8. The molecule has 21 heavy (non-hydrogen) atoms. The zero-order chi connectivity index (χ0) is 14.2. The molecule has 5 heteroatoms. The summed E-state index contributed by atoms with van der Waals surface area (Å²) in [6.07, 6.45) is 1.81. The Balaban J connectivity index is 1.70. The van der Waals surface area contributed by atoms with Crippen LogP contribution >= 0.6 is 11.3 Å². The maximum Gasteiger partial charge on any atom is 0.231 e. The number of nitrogens with one attached hydrogen (secondary N) is 1. The van der Waals surface area contributed by atoms with Crippen LogP contribution in [0.15, 0.2) is 35.2 Å². The number of hydrogen-bond donors (Lipinski definition) is 1. The first-order chi connectivity index (χ1) is 10.3. The Bertz CT molecular complexity index is 813. The van der Waals surface area contributed by atoms with Crippen LogP contribution in [0.2, 0.25) is 0 Å². The molecule has 0 saturated heterocycles. The molecule has 4 nitrogen and oxygen atoms in total. The van der Waals surface area contributed by atoms with Crippen LogP contribution in [0.25, 0.3) is 10.8 Å². The summed E-state index contributed by atoms with van der Waals surface area (Å²) in [4.78, 5) is 4.46. The first-order valence-corrected chi connectivity index (χ1v) is 7.69. The second-order valence-electron chi connectivity index (χ2n) is 5.02. The van der Waals surface area contributed by atoms with E-state index in [-0.39, 0.29) is 6.79 Å². The van der Waals surface area contributed by atoms with E-state index >= 15 is 0 Å². The number of rotatable bonds is 3. The third kappa shape index (κ3) is 2.19. The molecular weight excluding hydrogens is 284 g/mol. The zero-order valence-corrected chi connectivity index (χ0v) is 12.4. The van der Waals surface area contributed by atoms with E-state index in [4.69, 9.17) is 9.47 Å². The monoisotopic (exact) mass is 298 g/mol. The fourth-order valence-electron chi connectivity index (χ4n) is 2.45. The van der Waals surface area contributed by atoms with E-state index in [1.165, 1.54) is 11.1 Å². The number of pyridine rings is 1. The Morgan fingerprint density at radius 2 is 2.10 bits per heavy atom. The number of fused-ring (bicyclic) bond motifs is 2. The van der Waals surface area contributed by atoms with Crippen LogP contribution in [-0.2, 0) is 6.54 Å². The Hall–Kier alpha value is -2.27. The quantitative estimate of drug-likeness (QED) is 0.795. The Morgan fingerprint density at radius 3 is 2.90 bits per heavy atom. The smallest absolute Gasteiger partial charge is 0.231 e. The van der Waals surface area contributed by atoms with Gasteiger partial charge in [-0.25, -0.2) is 4.98 Å². The number of aryl methyl sites for hydroxylation is 1. The zero-order valence-electron chi connectivity index (χ0n) is 11.6. The predicted molar refractivity (Wildman–Crippen MR) is 84.2 cm³/mol. The van der Waals surface area contributed by atoms with Gasteiger partial charge in [0.05, 0.1) is 0 Å². The van der Waals surface area contributed by atoms with Crippen molar-refractivity contribution in [3.63, 3.8) is 0 Å². The van der Waals surface area contributed by atoms with Gasteiger partial charge in [0.1, 0.15) is 5.82 Å². The number of thiophene rings is 1. The van der Waals surface area contributed by atoms with Gasteiger partial charge in [0.15, 0.2) is 11.5 Å². The lowest BCUT2D eigenvalue weighted by Gasteiger charge is -2.09. The number of ether oxygens (including phenoxy) is 2. The van der Waals surface area contributed by atoms with Crippen molar-refractivity contribution in [2.45, 2.75) is 13.5 Å². The van der Waals surface area contributed by atoms with Crippen LogP contribution < -0.4 is 14.8 Å². The van der Waals surface area contributed by atoms with Crippen molar-refractivity contribution in [2.24, 2.45) is 0 Å². The van der Waals surface area contributed by atoms with Crippen LogP contribution in [0.5, 0.6) is 11.5 Å². The van der Waals surface area contributed by atoms with Gasteiger partial charge in [0.2, 0.25) is 6.79 Å². The average Bonchev–Trinajstić information content (AvgIpc) is 3.11. The molecule has 3 aromatic rings. The van der Waals surface area contributed by atoms with Crippen molar-refractivity contribution in [1.29, 1.82) is 0 Å². The molecule has 1 aliphatic rings. The van der Waals surface area contributed by atoms with E-state index in [1.807, 2.05) is 24.4 Å². The van der Waals surface area contributed by atoms with Crippen molar-refractivity contribution < 1.29 is 9.47 Å². The summed E-state index contributed by atoms with van der Waals surface area (Å²) in [6, 6.07) is 5.98. The first-order valence-electron chi connectivity index (χ1n) is 6.75. The summed E-state index contributed by atoms with van der Waals surface area (Å²) >= 11 is 1.72. The topological polar surface area (TPSA) is 43.4 Å². The third-order valence-electron chi connectivity index (χ3n) is 3.67. The van der Waals surface area contributed by atoms with Crippen molar-refractivity contribution in [1.82, 2.24) is 4.98 Å². The van der Waals surface area contributed by atoms with Gasteiger partial charge < -0.3 is 14.8 Å². The van der Waals surface area contributed by atoms with E-state index < -0.39 is 0 Å². The molecule has 1 aromatic carbocycles. The molecule has 0 atom stereocenters. The molecule has 106 valence electrons. The van der Waals surface area contributed by atoms with E-state index in [0.717, 1.165) is 34.6 Å². The molecule has 1 aliphatic heterocycles. The maximum atomic E-state index is 5.45. The predicted octanol–water partition coefficient (Wildman–Crippen LogP) is 3.95. The lowest BCUT2D eigenvalue weighted by molar-refractivity contribution is 0.174. The molecule has 0 bridgehead atoms. The van der Waals surface area contributed by atoms with Gasteiger partial charge in [0.25, 0.3) is 0 Å². The minimum atomic E-state index is 0.288. The van der Waals surface area contributed by atoms with Crippen LogP contribution in [0.3, 0.4) is 0 Å². The van der Waals surface area contributed by atoms with Crippen LogP contribution in [-0.4, -0.2) is 11.8 Å². The minimum Gasteiger partial charge on any atom is -0.454 e. The molecule has 0 spiro atoms. The van der Waals surface area contributed by atoms with E-state index in [9.17, 15) is 0 Å². The molecule has 3 heterocycles. The summed E-state index contributed by atoms with van der Waals surface area (Å²) in [7, 11) is 0. The number of hydrogen-bond acceptors (Lipinski definition) is 5. The summed E-state index contributed by atoms with van der Waals surface area (Å²) in [5.41, 5.74) is 2.62. The van der Waals surface area contributed by atoms with Crippen molar-refractivity contribution in [2.75, 3.05) is 12.1 Å².